The maximum Gasteiger partial charge on any atom is 0.421 e. The first-order chi connectivity index (χ1) is 11.3. The standard InChI is InChI=1S/C17H23F3O4/c1-16(21,17(18,19)20)14-7-6-13(22-2)11-12(14)8-10-24-15-5-3-4-9-23-15/h6-7,11,15,21H,3-5,8-10H2,1-2H3. The zero-order chi connectivity index (χ0) is 17.8. The van der Waals surface area contributed by atoms with Crippen LogP contribution in [0.4, 0.5) is 13.2 Å². The van der Waals surface area contributed by atoms with Crippen LogP contribution in [-0.4, -0.2) is 37.9 Å². The van der Waals surface area contributed by atoms with E-state index >= 15 is 0 Å². The molecule has 1 aromatic rings. The van der Waals surface area contributed by atoms with Crippen LogP contribution >= 0.6 is 0 Å². The zero-order valence-electron chi connectivity index (χ0n) is 13.9. The van der Waals surface area contributed by atoms with Crippen molar-refractivity contribution in [2.45, 2.75) is 50.7 Å². The van der Waals surface area contributed by atoms with Gasteiger partial charge in [0.2, 0.25) is 0 Å². The van der Waals surface area contributed by atoms with Gasteiger partial charge in [0.25, 0.3) is 0 Å². The minimum Gasteiger partial charge on any atom is -0.497 e. The van der Waals surface area contributed by atoms with E-state index in [9.17, 15) is 18.3 Å². The van der Waals surface area contributed by atoms with E-state index in [1.807, 2.05) is 0 Å². The SMILES string of the molecule is COc1ccc(C(C)(O)C(F)(F)F)c(CCOC2CCCCO2)c1. The first kappa shape index (κ1) is 19.0. The van der Waals surface area contributed by atoms with E-state index in [-0.39, 0.29) is 24.9 Å². The Hall–Kier alpha value is -1.31. The fourth-order valence-electron chi connectivity index (χ4n) is 2.67. The molecular formula is C17H23F3O4. The lowest BCUT2D eigenvalue weighted by Gasteiger charge is -2.29. The Balaban J connectivity index is 2.13. The minimum atomic E-state index is -4.77. The number of alkyl halides is 3. The third-order valence-electron chi connectivity index (χ3n) is 4.20. The summed E-state index contributed by atoms with van der Waals surface area (Å²) in [5.41, 5.74) is -2.79. The van der Waals surface area contributed by atoms with Crippen molar-refractivity contribution in [1.82, 2.24) is 0 Å². The van der Waals surface area contributed by atoms with Crippen LogP contribution in [0.3, 0.4) is 0 Å². The van der Waals surface area contributed by atoms with Crippen LogP contribution in [0.25, 0.3) is 0 Å². The van der Waals surface area contributed by atoms with Gasteiger partial charge in [-0.1, -0.05) is 6.07 Å². The van der Waals surface area contributed by atoms with Gasteiger partial charge in [0.1, 0.15) is 5.75 Å². The number of ether oxygens (including phenoxy) is 3. The molecule has 1 aliphatic rings. The van der Waals surface area contributed by atoms with E-state index in [2.05, 4.69) is 0 Å². The maximum atomic E-state index is 13.2. The molecule has 1 heterocycles. The lowest BCUT2D eigenvalue weighted by Crippen LogP contribution is -2.40. The largest absolute Gasteiger partial charge is 0.497 e. The molecule has 0 spiro atoms. The van der Waals surface area contributed by atoms with Crippen molar-refractivity contribution in [2.24, 2.45) is 0 Å². The molecule has 2 rings (SSSR count). The van der Waals surface area contributed by atoms with Crippen molar-refractivity contribution in [1.29, 1.82) is 0 Å². The second-order valence-electron chi connectivity index (χ2n) is 6.01. The van der Waals surface area contributed by atoms with Crippen molar-refractivity contribution in [2.75, 3.05) is 20.3 Å². The minimum absolute atomic E-state index is 0.191. The predicted octanol–water partition coefficient (Wildman–Crippen LogP) is 3.55. The van der Waals surface area contributed by atoms with E-state index in [1.165, 1.54) is 25.3 Å². The highest BCUT2D eigenvalue weighted by molar-refractivity contribution is 5.39. The Kier molecular flexibility index (Phi) is 6.11. The van der Waals surface area contributed by atoms with Gasteiger partial charge in [0, 0.05) is 6.61 Å². The van der Waals surface area contributed by atoms with Crippen LogP contribution in [-0.2, 0) is 21.5 Å². The Labute approximate surface area is 139 Å². The third kappa shape index (κ3) is 4.40. The molecule has 0 bridgehead atoms. The zero-order valence-corrected chi connectivity index (χ0v) is 13.9. The second kappa shape index (κ2) is 7.72. The fraction of sp³-hybridized carbons (Fsp3) is 0.647. The van der Waals surface area contributed by atoms with Crippen molar-refractivity contribution in [3.05, 3.63) is 29.3 Å². The number of benzene rings is 1. The fourth-order valence-corrected chi connectivity index (χ4v) is 2.67. The first-order valence-corrected chi connectivity index (χ1v) is 7.95. The maximum absolute atomic E-state index is 13.2. The van der Waals surface area contributed by atoms with Crippen LogP contribution in [0.2, 0.25) is 0 Å². The van der Waals surface area contributed by atoms with Crippen molar-refractivity contribution < 1.29 is 32.5 Å². The number of hydrogen-bond acceptors (Lipinski definition) is 4. The van der Waals surface area contributed by atoms with Gasteiger partial charge in [-0.15, -0.1) is 0 Å². The molecule has 0 aliphatic carbocycles. The molecule has 0 radical (unpaired) electrons. The summed E-state index contributed by atoms with van der Waals surface area (Å²) in [6, 6.07) is 4.16. The van der Waals surface area contributed by atoms with E-state index in [4.69, 9.17) is 14.2 Å². The van der Waals surface area contributed by atoms with Gasteiger partial charge in [0.05, 0.1) is 13.7 Å². The van der Waals surface area contributed by atoms with Crippen LogP contribution in [0.5, 0.6) is 5.75 Å². The van der Waals surface area contributed by atoms with Gasteiger partial charge in [0.15, 0.2) is 11.9 Å². The molecule has 2 atom stereocenters. The van der Waals surface area contributed by atoms with E-state index in [1.54, 1.807) is 0 Å². The Morgan fingerprint density at radius 3 is 2.62 bits per heavy atom. The van der Waals surface area contributed by atoms with Crippen LogP contribution in [0, 0.1) is 0 Å². The van der Waals surface area contributed by atoms with E-state index in [0.717, 1.165) is 26.2 Å². The molecule has 1 aliphatic heterocycles. The Morgan fingerprint density at radius 1 is 1.29 bits per heavy atom. The number of hydrogen-bond donors (Lipinski definition) is 1. The summed E-state index contributed by atoms with van der Waals surface area (Å²) in [6.45, 7) is 1.60. The lowest BCUT2D eigenvalue weighted by molar-refractivity contribution is -0.259. The van der Waals surface area contributed by atoms with Gasteiger partial charge in [-0.05, 0) is 55.9 Å². The summed E-state index contributed by atoms with van der Waals surface area (Å²) in [5.74, 6) is 0.431. The highest BCUT2D eigenvalue weighted by Crippen LogP contribution is 2.40. The topological polar surface area (TPSA) is 47.9 Å². The van der Waals surface area contributed by atoms with Crippen LogP contribution in [0.1, 0.15) is 37.3 Å². The quantitative estimate of drug-likeness (QED) is 0.854. The molecule has 136 valence electrons. The van der Waals surface area contributed by atoms with Gasteiger partial charge < -0.3 is 19.3 Å². The average Bonchev–Trinajstić information content (AvgIpc) is 2.54. The molecule has 4 nitrogen and oxygen atoms in total. The van der Waals surface area contributed by atoms with Gasteiger partial charge in [-0.3, -0.25) is 0 Å². The smallest absolute Gasteiger partial charge is 0.421 e. The summed E-state index contributed by atoms with van der Waals surface area (Å²) in [6.07, 6.45) is -2.07. The normalized spacial score (nSPS) is 21.3. The highest BCUT2D eigenvalue weighted by Gasteiger charge is 2.52. The molecule has 1 N–H and O–H groups in total. The molecule has 1 fully saturated rings. The first-order valence-electron chi connectivity index (χ1n) is 7.95. The molecule has 1 saturated heterocycles. The molecule has 0 amide bonds. The van der Waals surface area contributed by atoms with Crippen molar-refractivity contribution >= 4 is 0 Å². The molecular weight excluding hydrogens is 325 g/mol. The molecule has 2 unspecified atom stereocenters. The number of halogens is 3. The van der Waals surface area contributed by atoms with Gasteiger partial charge in [-0.2, -0.15) is 13.2 Å². The molecule has 1 aromatic carbocycles. The molecule has 7 heteroatoms. The van der Waals surface area contributed by atoms with Crippen molar-refractivity contribution in [3.63, 3.8) is 0 Å². The van der Waals surface area contributed by atoms with Crippen LogP contribution in [0.15, 0.2) is 18.2 Å². The van der Waals surface area contributed by atoms with Gasteiger partial charge >= 0.3 is 6.18 Å². The second-order valence-corrected chi connectivity index (χ2v) is 6.01. The third-order valence-corrected chi connectivity index (χ3v) is 4.20. The molecule has 24 heavy (non-hydrogen) atoms. The van der Waals surface area contributed by atoms with E-state index in [0.29, 0.717) is 17.9 Å². The molecule has 0 saturated carbocycles. The van der Waals surface area contributed by atoms with E-state index < -0.39 is 11.8 Å². The summed E-state index contributed by atoms with van der Waals surface area (Å²) in [4.78, 5) is 0. The summed E-state index contributed by atoms with van der Waals surface area (Å²) in [5, 5.41) is 9.98. The highest BCUT2D eigenvalue weighted by atomic mass is 19.4. The molecule has 0 aromatic heterocycles. The number of aliphatic hydroxyl groups is 1. The monoisotopic (exact) mass is 348 g/mol. The van der Waals surface area contributed by atoms with Crippen LogP contribution < -0.4 is 4.74 Å². The number of rotatable bonds is 6. The lowest BCUT2D eigenvalue weighted by atomic mass is 9.89. The summed E-state index contributed by atoms with van der Waals surface area (Å²) >= 11 is 0. The summed E-state index contributed by atoms with van der Waals surface area (Å²) in [7, 11) is 1.44. The predicted molar refractivity (Wildman–Crippen MR) is 81.9 cm³/mol. The Bertz CT molecular complexity index is 537. The Morgan fingerprint density at radius 2 is 2.04 bits per heavy atom. The van der Waals surface area contributed by atoms with Crippen molar-refractivity contribution in [3.8, 4) is 5.75 Å². The summed E-state index contributed by atoms with van der Waals surface area (Å²) < 4.78 is 55.6. The van der Waals surface area contributed by atoms with Gasteiger partial charge in [-0.25, -0.2) is 0 Å². The number of methoxy groups -OCH3 is 1. The average molecular weight is 348 g/mol.